The molecule has 0 amide bonds. The van der Waals surface area contributed by atoms with Crippen LogP contribution in [0.2, 0.25) is 0 Å². The smallest absolute Gasteiger partial charge is 0.0899 e. The molecule has 0 aromatic heterocycles. The van der Waals surface area contributed by atoms with Crippen molar-refractivity contribution in [1.29, 1.82) is 0 Å². The summed E-state index contributed by atoms with van der Waals surface area (Å²) in [6.07, 6.45) is 9.86. The van der Waals surface area contributed by atoms with Gasteiger partial charge in [-0.15, -0.1) is 0 Å². The predicted molar refractivity (Wildman–Crippen MR) is 128 cm³/mol. The first-order valence-electron chi connectivity index (χ1n) is 10.2. The van der Waals surface area contributed by atoms with Crippen molar-refractivity contribution in [2.24, 2.45) is 5.92 Å². The molecule has 0 aliphatic rings. The Morgan fingerprint density at radius 1 is 1.11 bits per heavy atom. The number of aliphatic hydroxyl groups is 1. The van der Waals surface area contributed by atoms with E-state index in [9.17, 15) is 5.11 Å². The lowest BCUT2D eigenvalue weighted by Gasteiger charge is -2.22. The first-order chi connectivity index (χ1) is 13.3. The fourth-order valence-electron chi connectivity index (χ4n) is 2.20. The van der Waals surface area contributed by atoms with Gasteiger partial charge in [0.05, 0.1) is 12.7 Å². The van der Waals surface area contributed by atoms with Gasteiger partial charge in [-0.2, -0.15) is 0 Å². The van der Waals surface area contributed by atoms with E-state index in [2.05, 4.69) is 38.1 Å². The number of nitrogens with zero attached hydrogens (tertiary/aromatic N) is 1. The van der Waals surface area contributed by atoms with Gasteiger partial charge in [0.1, 0.15) is 0 Å². The minimum atomic E-state index is -0.448. The Bertz CT molecular complexity index is 489. The molecule has 3 heteroatoms. The van der Waals surface area contributed by atoms with Crippen LogP contribution in [0.15, 0.2) is 73.4 Å². The highest BCUT2D eigenvalue weighted by Crippen LogP contribution is 2.17. The van der Waals surface area contributed by atoms with Crippen LogP contribution in [0.3, 0.4) is 0 Å². The number of ether oxygens (including phenoxy) is 1. The number of hydrogen-bond acceptors (Lipinski definition) is 3. The topological polar surface area (TPSA) is 32.7 Å². The molecule has 0 aliphatic carbocycles. The summed E-state index contributed by atoms with van der Waals surface area (Å²) < 4.78 is 4.94. The third-order valence-corrected chi connectivity index (χ3v) is 3.84. The molecule has 0 heterocycles. The summed E-state index contributed by atoms with van der Waals surface area (Å²) >= 11 is 0. The van der Waals surface area contributed by atoms with Crippen molar-refractivity contribution in [3.8, 4) is 0 Å². The number of allylic oxidation sites excluding steroid dienone is 8. The summed E-state index contributed by atoms with van der Waals surface area (Å²) in [5, 5.41) is 9.73. The van der Waals surface area contributed by atoms with E-state index in [1.807, 2.05) is 53.0 Å². The molecule has 0 fully saturated rings. The van der Waals surface area contributed by atoms with Gasteiger partial charge in [-0.25, -0.2) is 0 Å². The number of hydrogen-bond donors (Lipinski definition) is 1. The number of rotatable bonds is 13. The third kappa shape index (κ3) is 16.5. The van der Waals surface area contributed by atoms with E-state index in [4.69, 9.17) is 4.74 Å². The molecule has 0 aliphatic heterocycles. The van der Waals surface area contributed by atoms with E-state index in [-0.39, 0.29) is 0 Å². The summed E-state index contributed by atoms with van der Waals surface area (Å²) in [5.41, 5.74) is 2.90. The van der Waals surface area contributed by atoms with Crippen molar-refractivity contribution < 1.29 is 9.84 Å². The minimum Gasteiger partial charge on any atom is -0.389 e. The van der Waals surface area contributed by atoms with Crippen LogP contribution in [-0.4, -0.2) is 50.0 Å². The zero-order valence-electron chi connectivity index (χ0n) is 19.5. The van der Waals surface area contributed by atoms with E-state index in [1.54, 1.807) is 19.3 Å². The SMILES string of the molecule is C=C/C=C(\C=C)C(=C)/C=C\C(=C)C(C)CCN(C)CC(O)COC.CC.CC. The quantitative estimate of drug-likeness (QED) is 0.393. The van der Waals surface area contributed by atoms with E-state index in [1.165, 1.54) is 0 Å². The molecule has 0 rings (SSSR count). The van der Waals surface area contributed by atoms with Gasteiger partial charge in [-0.3, -0.25) is 0 Å². The average molecular weight is 392 g/mol. The fraction of sp³-hybridized carbons (Fsp3) is 0.520. The molecule has 0 radical (unpaired) electrons. The average Bonchev–Trinajstić information content (AvgIpc) is 2.71. The Morgan fingerprint density at radius 2 is 1.68 bits per heavy atom. The van der Waals surface area contributed by atoms with Crippen LogP contribution in [0.1, 0.15) is 41.0 Å². The third-order valence-electron chi connectivity index (χ3n) is 3.84. The molecule has 162 valence electrons. The van der Waals surface area contributed by atoms with Gasteiger partial charge in [-0.1, -0.05) is 96.9 Å². The lowest BCUT2D eigenvalue weighted by molar-refractivity contribution is 0.0427. The van der Waals surface area contributed by atoms with Crippen LogP contribution in [-0.2, 0) is 4.74 Å². The Morgan fingerprint density at radius 3 is 2.14 bits per heavy atom. The lowest BCUT2D eigenvalue weighted by Crippen LogP contribution is -2.33. The highest BCUT2D eigenvalue weighted by atomic mass is 16.5. The van der Waals surface area contributed by atoms with Gasteiger partial charge < -0.3 is 14.7 Å². The molecule has 0 bridgehead atoms. The van der Waals surface area contributed by atoms with Gasteiger partial charge >= 0.3 is 0 Å². The highest BCUT2D eigenvalue weighted by Gasteiger charge is 2.10. The first-order valence-corrected chi connectivity index (χ1v) is 10.2. The van der Waals surface area contributed by atoms with Gasteiger partial charge in [0, 0.05) is 13.7 Å². The van der Waals surface area contributed by atoms with Crippen LogP contribution in [0.4, 0.5) is 0 Å². The molecule has 0 saturated heterocycles. The predicted octanol–water partition coefficient (Wildman–Crippen LogP) is 5.97. The standard InChI is InChI=1S/C21H33NO2.2C2H6/c1-8-10-20(9-2)19(5)12-11-17(3)18(4)13-14-22(6)15-21(23)16-24-7;2*1-2/h8-12,18,21,23H,1-3,5,13-16H2,4,6-7H3;2*1-2H3/b12-11-,20-10+;;. The fourth-order valence-corrected chi connectivity index (χ4v) is 2.20. The van der Waals surface area contributed by atoms with Crippen LogP contribution in [0, 0.1) is 5.92 Å². The van der Waals surface area contributed by atoms with Crippen molar-refractivity contribution in [3.05, 3.63) is 73.4 Å². The van der Waals surface area contributed by atoms with E-state index in [0.29, 0.717) is 19.1 Å². The molecule has 2 atom stereocenters. The molecule has 0 spiro atoms. The van der Waals surface area contributed by atoms with Crippen molar-refractivity contribution in [1.82, 2.24) is 4.90 Å². The van der Waals surface area contributed by atoms with E-state index >= 15 is 0 Å². The van der Waals surface area contributed by atoms with Crippen molar-refractivity contribution >= 4 is 0 Å². The van der Waals surface area contributed by atoms with E-state index < -0.39 is 6.10 Å². The zero-order chi connectivity index (χ0) is 22.5. The summed E-state index contributed by atoms with van der Waals surface area (Å²) in [5.74, 6) is 0.353. The van der Waals surface area contributed by atoms with Crippen LogP contribution in [0.5, 0.6) is 0 Å². The molecular formula is C25H45NO2. The van der Waals surface area contributed by atoms with Crippen molar-refractivity contribution in [2.75, 3.05) is 33.9 Å². The van der Waals surface area contributed by atoms with Crippen LogP contribution < -0.4 is 0 Å². The molecule has 28 heavy (non-hydrogen) atoms. The minimum absolute atomic E-state index is 0.353. The summed E-state index contributed by atoms with van der Waals surface area (Å²) in [7, 11) is 3.60. The largest absolute Gasteiger partial charge is 0.389 e. The highest BCUT2D eigenvalue weighted by molar-refractivity contribution is 5.46. The van der Waals surface area contributed by atoms with Gasteiger partial charge in [0.2, 0.25) is 0 Å². The Kier molecular flexibility index (Phi) is 24.0. The van der Waals surface area contributed by atoms with Gasteiger partial charge in [-0.05, 0) is 37.1 Å². The second kappa shape index (κ2) is 21.6. The second-order valence-corrected chi connectivity index (χ2v) is 6.06. The molecule has 3 nitrogen and oxygen atoms in total. The number of methoxy groups -OCH3 is 1. The number of aliphatic hydroxyl groups excluding tert-OH is 1. The molecule has 0 saturated carbocycles. The van der Waals surface area contributed by atoms with Crippen molar-refractivity contribution in [3.63, 3.8) is 0 Å². The molecule has 1 N–H and O–H groups in total. The maximum atomic E-state index is 9.73. The zero-order valence-corrected chi connectivity index (χ0v) is 19.5. The molecule has 2 unspecified atom stereocenters. The van der Waals surface area contributed by atoms with Crippen LogP contribution >= 0.6 is 0 Å². The molecular weight excluding hydrogens is 346 g/mol. The normalized spacial score (nSPS) is 13.0. The first kappa shape index (κ1) is 31.0. The number of likely N-dealkylation sites (N-methyl/N-ethyl adjacent to an activating group) is 1. The summed E-state index contributed by atoms with van der Waals surface area (Å²) in [6, 6.07) is 0. The van der Waals surface area contributed by atoms with Gasteiger partial charge in [0.15, 0.2) is 0 Å². The Labute approximate surface area is 175 Å². The molecule has 0 aromatic rings. The molecule has 0 aromatic carbocycles. The summed E-state index contributed by atoms with van der Waals surface area (Å²) in [6.45, 7) is 27.7. The lowest BCUT2D eigenvalue weighted by atomic mass is 9.97. The maximum Gasteiger partial charge on any atom is 0.0899 e. The van der Waals surface area contributed by atoms with Crippen molar-refractivity contribution in [2.45, 2.75) is 47.1 Å². The maximum absolute atomic E-state index is 9.73. The van der Waals surface area contributed by atoms with Crippen LogP contribution in [0.25, 0.3) is 0 Å². The monoisotopic (exact) mass is 391 g/mol. The Hall–Kier alpha value is -1.68. The van der Waals surface area contributed by atoms with E-state index in [0.717, 1.165) is 29.7 Å². The Balaban J connectivity index is -0.00000146. The van der Waals surface area contributed by atoms with Gasteiger partial charge in [0.25, 0.3) is 0 Å². The second-order valence-electron chi connectivity index (χ2n) is 6.06. The summed E-state index contributed by atoms with van der Waals surface area (Å²) in [4.78, 5) is 2.11.